The summed E-state index contributed by atoms with van der Waals surface area (Å²) in [6.07, 6.45) is 2.01. The molecule has 7 nitrogen and oxygen atoms in total. The molecule has 2 aromatic carbocycles. The fourth-order valence-electron chi connectivity index (χ4n) is 3.21. The first-order valence-corrected chi connectivity index (χ1v) is 9.84. The van der Waals surface area contributed by atoms with Crippen LogP contribution in [-0.2, 0) is 16.1 Å². The summed E-state index contributed by atoms with van der Waals surface area (Å²) in [4.78, 5) is 37.8. The van der Waals surface area contributed by atoms with Crippen LogP contribution in [0.5, 0.6) is 0 Å². The number of carbonyl (C=O) groups excluding carboxylic acids is 3. The number of benzene rings is 2. The van der Waals surface area contributed by atoms with Crippen molar-refractivity contribution in [1.29, 1.82) is 0 Å². The summed E-state index contributed by atoms with van der Waals surface area (Å²) in [5.41, 5.74) is 1.80. The lowest BCUT2D eigenvalue weighted by atomic mass is 10.1. The SMILES string of the molecule is O=C(Nc1ccnn1Cc1cccc(Br)c1)c1cccc(N2C(=O)CCC2=O)c1. The Morgan fingerprint density at radius 3 is 2.55 bits per heavy atom. The number of amides is 3. The Hall–Kier alpha value is -3.26. The third-order valence-electron chi connectivity index (χ3n) is 4.60. The second-order valence-electron chi connectivity index (χ2n) is 6.63. The molecule has 0 spiro atoms. The van der Waals surface area contributed by atoms with Crippen molar-refractivity contribution in [1.82, 2.24) is 9.78 Å². The molecule has 1 aromatic heterocycles. The van der Waals surface area contributed by atoms with E-state index in [9.17, 15) is 14.4 Å². The van der Waals surface area contributed by atoms with Crippen LogP contribution in [0.15, 0.2) is 65.3 Å². The van der Waals surface area contributed by atoms with Gasteiger partial charge in [0.15, 0.2) is 0 Å². The monoisotopic (exact) mass is 452 g/mol. The van der Waals surface area contributed by atoms with Crippen molar-refractivity contribution in [3.8, 4) is 0 Å². The molecule has 1 fully saturated rings. The minimum absolute atomic E-state index is 0.198. The zero-order chi connectivity index (χ0) is 20.4. The first kappa shape index (κ1) is 19.1. The predicted octanol–water partition coefficient (Wildman–Crippen LogP) is 3.60. The van der Waals surface area contributed by atoms with Crippen LogP contribution in [0.4, 0.5) is 11.5 Å². The van der Waals surface area contributed by atoms with Gasteiger partial charge in [0.25, 0.3) is 5.91 Å². The minimum atomic E-state index is -0.345. The van der Waals surface area contributed by atoms with Crippen LogP contribution < -0.4 is 10.2 Å². The number of nitrogens with one attached hydrogen (secondary N) is 1. The minimum Gasteiger partial charge on any atom is -0.307 e. The lowest BCUT2D eigenvalue weighted by molar-refractivity contribution is -0.121. The smallest absolute Gasteiger partial charge is 0.256 e. The van der Waals surface area contributed by atoms with Gasteiger partial charge in [-0.05, 0) is 35.9 Å². The Kier molecular flexibility index (Phi) is 5.26. The summed E-state index contributed by atoms with van der Waals surface area (Å²) < 4.78 is 2.66. The van der Waals surface area contributed by atoms with Crippen molar-refractivity contribution < 1.29 is 14.4 Å². The molecule has 8 heteroatoms. The maximum atomic E-state index is 12.8. The Labute approximate surface area is 175 Å². The maximum absolute atomic E-state index is 12.8. The van der Waals surface area contributed by atoms with E-state index < -0.39 is 0 Å². The zero-order valence-electron chi connectivity index (χ0n) is 15.3. The molecule has 1 N–H and O–H groups in total. The van der Waals surface area contributed by atoms with Crippen LogP contribution in [0.2, 0.25) is 0 Å². The summed E-state index contributed by atoms with van der Waals surface area (Å²) in [5.74, 6) is -0.296. The highest BCUT2D eigenvalue weighted by Crippen LogP contribution is 2.24. The van der Waals surface area contributed by atoms with Crippen LogP contribution in [0.25, 0.3) is 0 Å². The molecule has 1 aliphatic heterocycles. The average molecular weight is 453 g/mol. The van der Waals surface area contributed by atoms with E-state index in [2.05, 4.69) is 26.3 Å². The molecule has 4 rings (SSSR count). The molecule has 0 radical (unpaired) electrons. The number of nitrogens with zero attached hydrogens (tertiary/aromatic N) is 3. The normalized spacial score (nSPS) is 13.8. The molecule has 0 atom stereocenters. The predicted molar refractivity (Wildman–Crippen MR) is 112 cm³/mol. The van der Waals surface area contributed by atoms with Gasteiger partial charge in [-0.2, -0.15) is 5.10 Å². The van der Waals surface area contributed by atoms with Crippen molar-refractivity contribution in [2.24, 2.45) is 0 Å². The summed E-state index contributed by atoms with van der Waals surface area (Å²) >= 11 is 3.45. The molecular weight excluding hydrogens is 436 g/mol. The van der Waals surface area contributed by atoms with Crippen LogP contribution in [0.3, 0.4) is 0 Å². The molecule has 1 saturated heterocycles. The van der Waals surface area contributed by atoms with Crippen molar-refractivity contribution in [2.45, 2.75) is 19.4 Å². The molecule has 0 aliphatic carbocycles. The van der Waals surface area contributed by atoms with Crippen LogP contribution in [0.1, 0.15) is 28.8 Å². The van der Waals surface area contributed by atoms with Crippen LogP contribution in [-0.4, -0.2) is 27.5 Å². The second-order valence-corrected chi connectivity index (χ2v) is 7.55. The van der Waals surface area contributed by atoms with E-state index in [0.717, 1.165) is 14.9 Å². The zero-order valence-corrected chi connectivity index (χ0v) is 16.9. The number of imide groups is 1. The first-order chi connectivity index (χ1) is 14.0. The lowest BCUT2D eigenvalue weighted by Crippen LogP contribution is -2.28. The largest absolute Gasteiger partial charge is 0.307 e. The van der Waals surface area contributed by atoms with Crippen molar-refractivity contribution in [3.05, 3.63) is 76.4 Å². The number of halogens is 1. The number of rotatable bonds is 5. The fourth-order valence-corrected chi connectivity index (χ4v) is 3.66. The van der Waals surface area contributed by atoms with Crippen LogP contribution >= 0.6 is 15.9 Å². The molecule has 29 heavy (non-hydrogen) atoms. The van der Waals surface area contributed by atoms with Gasteiger partial charge in [-0.25, -0.2) is 4.68 Å². The van der Waals surface area contributed by atoms with Gasteiger partial charge < -0.3 is 5.32 Å². The number of carbonyl (C=O) groups is 3. The number of hydrogen-bond donors (Lipinski definition) is 1. The van der Waals surface area contributed by atoms with E-state index in [1.807, 2.05) is 24.3 Å². The number of hydrogen-bond acceptors (Lipinski definition) is 4. The third-order valence-corrected chi connectivity index (χ3v) is 5.09. The molecule has 3 amide bonds. The molecule has 146 valence electrons. The molecule has 2 heterocycles. The van der Waals surface area contributed by atoms with Crippen molar-refractivity contribution in [2.75, 3.05) is 10.2 Å². The summed E-state index contributed by atoms with van der Waals surface area (Å²) in [7, 11) is 0. The lowest BCUT2D eigenvalue weighted by Gasteiger charge is -2.15. The number of aromatic nitrogens is 2. The van der Waals surface area contributed by atoms with Crippen molar-refractivity contribution in [3.63, 3.8) is 0 Å². The van der Waals surface area contributed by atoms with E-state index in [-0.39, 0.29) is 30.6 Å². The van der Waals surface area contributed by atoms with E-state index in [1.165, 1.54) is 0 Å². The first-order valence-electron chi connectivity index (χ1n) is 9.05. The van der Waals surface area contributed by atoms with Gasteiger partial charge in [0.05, 0.1) is 18.4 Å². The highest BCUT2D eigenvalue weighted by atomic mass is 79.9. The highest BCUT2D eigenvalue weighted by Gasteiger charge is 2.30. The molecular formula is C21H17BrN4O3. The van der Waals surface area contributed by atoms with Gasteiger partial charge >= 0.3 is 0 Å². The van der Waals surface area contributed by atoms with E-state index in [1.54, 1.807) is 41.2 Å². The molecule has 0 saturated carbocycles. The number of anilines is 2. The van der Waals surface area contributed by atoms with E-state index in [0.29, 0.717) is 23.6 Å². The Balaban J connectivity index is 1.52. The van der Waals surface area contributed by atoms with E-state index >= 15 is 0 Å². The molecule has 3 aromatic rings. The topological polar surface area (TPSA) is 84.3 Å². The Bertz CT molecular complexity index is 1090. The van der Waals surface area contributed by atoms with Crippen molar-refractivity contribution >= 4 is 45.2 Å². The summed E-state index contributed by atoms with van der Waals surface area (Å²) in [5, 5.41) is 7.12. The van der Waals surface area contributed by atoms with Gasteiger partial charge in [0.2, 0.25) is 11.8 Å². The molecule has 0 unspecified atom stereocenters. The second kappa shape index (κ2) is 8.00. The third kappa shape index (κ3) is 4.12. The van der Waals surface area contributed by atoms with Gasteiger partial charge in [0, 0.05) is 28.9 Å². The summed E-state index contributed by atoms with van der Waals surface area (Å²) in [6.45, 7) is 0.499. The van der Waals surface area contributed by atoms with Gasteiger partial charge in [-0.15, -0.1) is 0 Å². The van der Waals surface area contributed by atoms with Gasteiger partial charge in [-0.1, -0.05) is 34.1 Å². The quantitative estimate of drug-likeness (QED) is 0.599. The van der Waals surface area contributed by atoms with E-state index in [4.69, 9.17) is 0 Å². The maximum Gasteiger partial charge on any atom is 0.256 e. The highest BCUT2D eigenvalue weighted by molar-refractivity contribution is 9.10. The van der Waals surface area contributed by atoms with Gasteiger partial charge in [0.1, 0.15) is 5.82 Å². The standard InChI is InChI=1S/C21H17BrN4O3/c22-16-5-1-3-14(11-16)13-25-18(9-10-23-25)24-21(29)15-4-2-6-17(12-15)26-19(27)7-8-20(26)28/h1-6,9-12H,7-8,13H2,(H,24,29). The average Bonchev–Trinajstić information content (AvgIpc) is 3.27. The molecule has 0 bridgehead atoms. The Morgan fingerprint density at radius 1 is 1.03 bits per heavy atom. The van der Waals surface area contributed by atoms with Gasteiger partial charge in [-0.3, -0.25) is 19.3 Å². The summed E-state index contributed by atoms with van der Waals surface area (Å²) in [6, 6.07) is 16.0. The molecule has 1 aliphatic rings. The Morgan fingerprint density at radius 2 is 1.79 bits per heavy atom. The van der Waals surface area contributed by atoms with Crippen LogP contribution in [0, 0.1) is 0 Å². The fraction of sp³-hybridized carbons (Fsp3) is 0.143.